The van der Waals surface area contributed by atoms with E-state index in [-0.39, 0.29) is 5.91 Å². The summed E-state index contributed by atoms with van der Waals surface area (Å²) in [6.07, 6.45) is 2.76. The van der Waals surface area contributed by atoms with E-state index in [1.165, 1.54) is 17.3 Å². The van der Waals surface area contributed by atoms with Crippen molar-refractivity contribution in [2.24, 2.45) is 4.99 Å². The van der Waals surface area contributed by atoms with Crippen LogP contribution in [0.1, 0.15) is 10.4 Å². The SMILES string of the molecule is O=C1/C(=C/c2cccs2)SC(=Nc2ccccc2)N1CCc1ccccc1. The van der Waals surface area contributed by atoms with E-state index in [0.29, 0.717) is 6.54 Å². The van der Waals surface area contributed by atoms with Gasteiger partial charge >= 0.3 is 0 Å². The predicted molar refractivity (Wildman–Crippen MR) is 115 cm³/mol. The Morgan fingerprint density at radius 3 is 2.37 bits per heavy atom. The largest absolute Gasteiger partial charge is 0.286 e. The van der Waals surface area contributed by atoms with Crippen LogP contribution >= 0.6 is 23.1 Å². The molecule has 0 bridgehead atoms. The van der Waals surface area contributed by atoms with Gasteiger partial charge in [0.2, 0.25) is 0 Å². The third-order valence-electron chi connectivity index (χ3n) is 4.15. The zero-order chi connectivity index (χ0) is 18.5. The van der Waals surface area contributed by atoms with Gasteiger partial charge in [0.1, 0.15) is 0 Å². The minimum atomic E-state index is 0.0269. The molecule has 1 fully saturated rings. The normalized spacial score (nSPS) is 17.2. The molecule has 134 valence electrons. The van der Waals surface area contributed by atoms with Crippen LogP contribution in [0.4, 0.5) is 5.69 Å². The van der Waals surface area contributed by atoms with Gasteiger partial charge in [0.15, 0.2) is 5.17 Å². The Labute approximate surface area is 167 Å². The van der Waals surface area contributed by atoms with Crippen molar-refractivity contribution in [3.63, 3.8) is 0 Å². The fraction of sp³-hybridized carbons (Fsp3) is 0.0909. The van der Waals surface area contributed by atoms with E-state index in [0.717, 1.165) is 27.1 Å². The number of benzene rings is 2. The molecule has 0 radical (unpaired) electrons. The number of thioether (sulfide) groups is 1. The van der Waals surface area contributed by atoms with Crippen LogP contribution in [0, 0.1) is 0 Å². The highest BCUT2D eigenvalue weighted by Gasteiger charge is 2.33. The Balaban J connectivity index is 1.61. The van der Waals surface area contributed by atoms with Crippen molar-refractivity contribution in [2.75, 3.05) is 6.54 Å². The summed E-state index contributed by atoms with van der Waals surface area (Å²) >= 11 is 3.08. The number of amides is 1. The third-order valence-corrected chi connectivity index (χ3v) is 5.98. The van der Waals surface area contributed by atoms with Crippen molar-refractivity contribution in [1.82, 2.24) is 4.90 Å². The first-order chi connectivity index (χ1) is 13.3. The van der Waals surface area contributed by atoms with Crippen LogP contribution in [0.25, 0.3) is 6.08 Å². The molecule has 1 aliphatic rings. The summed E-state index contributed by atoms with van der Waals surface area (Å²) in [5, 5.41) is 2.76. The molecule has 5 heteroatoms. The second-order valence-corrected chi connectivity index (χ2v) is 8.04. The van der Waals surface area contributed by atoms with Crippen molar-refractivity contribution in [1.29, 1.82) is 0 Å². The van der Waals surface area contributed by atoms with Crippen LogP contribution < -0.4 is 0 Å². The summed E-state index contributed by atoms with van der Waals surface area (Å²) in [5.74, 6) is 0.0269. The molecular weight excluding hydrogens is 372 g/mol. The van der Waals surface area contributed by atoms with Crippen molar-refractivity contribution in [3.05, 3.63) is 93.5 Å². The molecule has 1 aliphatic heterocycles. The molecule has 4 rings (SSSR count). The number of aliphatic imine (C=N–C) groups is 1. The summed E-state index contributed by atoms with van der Waals surface area (Å²) < 4.78 is 0. The number of nitrogens with zero attached hydrogens (tertiary/aromatic N) is 2. The lowest BCUT2D eigenvalue weighted by atomic mass is 10.1. The standard InChI is InChI=1S/C22H18N2OS2/c25-21-20(16-19-12-7-15-26-19)27-22(23-18-10-5-2-6-11-18)24(21)14-13-17-8-3-1-4-9-17/h1-12,15-16H,13-14H2/b20-16-,23-22?. The van der Waals surface area contributed by atoms with Crippen molar-refractivity contribution < 1.29 is 4.79 Å². The van der Waals surface area contributed by atoms with Gasteiger partial charge in [-0.05, 0) is 53.4 Å². The molecule has 27 heavy (non-hydrogen) atoms. The van der Waals surface area contributed by atoms with E-state index < -0.39 is 0 Å². The average Bonchev–Trinajstić information content (AvgIpc) is 3.31. The molecule has 3 aromatic rings. The molecule has 2 aromatic carbocycles. The zero-order valence-corrected chi connectivity index (χ0v) is 16.2. The molecule has 1 aromatic heterocycles. The van der Waals surface area contributed by atoms with Crippen LogP contribution in [0.3, 0.4) is 0 Å². The van der Waals surface area contributed by atoms with Crippen LogP contribution in [-0.2, 0) is 11.2 Å². The minimum absolute atomic E-state index is 0.0269. The molecule has 2 heterocycles. The number of thiophene rings is 1. The summed E-state index contributed by atoms with van der Waals surface area (Å²) in [6.45, 7) is 0.614. The molecule has 1 saturated heterocycles. The fourth-order valence-corrected chi connectivity index (χ4v) is 4.54. The molecule has 0 unspecified atom stereocenters. The quantitative estimate of drug-likeness (QED) is 0.532. The second-order valence-electron chi connectivity index (χ2n) is 6.05. The molecule has 0 saturated carbocycles. The highest BCUT2D eigenvalue weighted by molar-refractivity contribution is 8.18. The van der Waals surface area contributed by atoms with Gasteiger partial charge in [-0.15, -0.1) is 11.3 Å². The lowest BCUT2D eigenvalue weighted by molar-refractivity contribution is -0.122. The second kappa shape index (κ2) is 8.37. The molecule has 0 atom stereocenters. The number of rotatable bonds is 5. The average molecular weight is 391 g/mol. The first kappa shape index (κ1) is 17.8. The Morgan fingerprint density at radius 1 is 0.926 bits per heavy atom. The van der Waals surface area contributed by atoms with E-state index in [9.17, 15) is 4.79 Å². The van der Waals surface area contributed by atoms with Crippen molar-refractivity contribution >= 4 is 45.9 Å². The number of carbonyl (C=O) groups is 1. The topological polar surface area (TPSA) is 32.7 Å². The molecule has 0 aliphatic carbocycles. The number of hydrogen-bond acceptors (Lipinski definition) is 4. The van der Waals surface area contributed by atoms with E-state index >= 15 is 0 Å². The Hall–Kier alpha value is -2.63. The van der Waals surface area contributed by atoms with Crippen molar-refractivity contribution in [2.45, 2.75) is 6.42 Å². The predicted octanol–water partition coefficient (Wildman–Crippen LogP) is 5.59. The summed E-state index contributed by atoms with van der Waals surface area (Å²) in [6, 6.07) is 24.0. The van der Waals surface area contributed by atoms with Gasteiger partial charge in [-0.1, -0.05) is 54.6 Å². The van der Waals surface area contributed by atoms with E-state index in [4.69, 9.17) is 4.99 Å². The molecule has 3 nitrogen and oxygen atoms in total. The summed E-state index contributed by atoms with van der Waals surface area (Å²) in [5.41, 5.74) is 2.07. The molecular formula is C22H18N2OS2. The highest BCUT2D eigenvalue weighted by atomic mass is 32.2. The number of amidine groups is 1. The fourth-order valence-electron chi connectivity index (χ4n) is 2.79. The van der Waals surface area contributed by atoms with Gasteiger partial charge in [0, 0.05) is 11.4 Å². The third kappa shape index (κ3) is 4.38. The maximum absolute atomic E-state index is 13.0. The Morgan fingerprint density at radius 2 is 1.67 bits per heavy atom. The van der Waals surface area contributed by atoms with Crippen LogP contribution in [0.2, 0.25) is 0 Å². The summed E-state index contributed by atoms with van der Waals surface area (Å²) in [7, 11) is 0. The zero-order valence-electron chi connectivity index (χ0n) is 14.6. The van der Waals surface area contributed by atoms with E-state index in [1.807, 2.05) is 72.1 Å². The van der Waals surface area contributed by atoms with E-state index in [1.54, 1.807) is 16.2 Å². The lowest BCUT2D eigenvalue weighted by Gasteiger charge is -2.15. The lowest BCUT2D eigenvalue weighted by Crippen LogP contribution is -2.31. The molecule has 0 spiro atoms. The van der Waals surface area contributed by atoms with Gasteiger partial charge in [0.05, 0.1) is 10.6 Å². The van der Waals surface area contributed by atoms with Gasteiger partial charge < -0.3 is 0 Å². The maximum atomic E-state index is 13.0. The van der Waals surface area contributed by atoms with Gasteiger partial charge in [-0.3, -0.25) is 9.69 Å². The van der Waals surface area contributed by atoms with E-state index in [2.05, 4.69) is 12.1 Å². The van der Waals surface area contributed by atoms with Crippen LogP contribution in [0.15, 0.2) is 88.1 Å². The number of carbonyl (C=O) groups excluding carboxylic acids is 1. The first-order valence-corrected chi connectivity index (χ1v) is 10.4. The minimum Gasteiger partial charge on any atom is -0.286 e. The van der Waals surface area contributed by atoms with Crippen molar-refractivity contribution in [3.8, 4) is 0 Å². The monoisotopic (exact) mass is 390 g/mol. The van der Waals surface area contributed by atoms with Gasteiger partial charge in [0.25, 0.3) is 5.91 Å². The first-order valence-electron chi connectivity index (χ1n) is 8.72. The summed E-state index contributed by atoms with van der Waals surface area (Å²) in [4.78, 5) is 21.3. The Bertz CT molecular complexity index is 964. The van der Waals surface area contributed by atoms with Crippen LogP contribution in [0.5, 0.6) is 0 Å². The van der Waals surface area contributed by atoms with Gasteiger partial charge in [-0.25, -0.2) is 4.99 Å². The smallest absolute Gasteiger partial charge is 0.266 e. The molecule has 1 amide bonds. The Kier molecular flexibility index (Phi) is 5.51. The number of hydrogen-bond donors (Lipinski definition) is 0. The van der Waals surface area contributed by atoms with Crippen LogP contribution in [-0.4, -0.2) is 22.5 Å². The highest BCUT2D eigenvalue weighted by Crippen LogP contribution is 2.34. The van der Waals surface area contributed by atoms with Gasteiger partial charge in [-0.2, -0.15) is 0 Å². The maximum Gasteiger partial charge on any atom is 0.266 e. The number of para-hydroxylation sites is 1. The molecule has 0 N–H and O–H groups in total.